The van der Waals surface area contributed by atoms with Crippen molar-refractivity contribution in [3.63, 3.8) is 0 Å². The molecular weight excluding hydrogens is 152 g/mol. The minimum atomic E-state index is 0.537. The summed E-state index contributed by atoms with van der Waals surface area (Å²) in [7, 11) is 4.10. The molecule has 1 heterocycles. The quantitative estimate of drug-likeness (QED) is 0.664. The Kier molecular flexibility index (Phi) is 3.25. The summed E-state index contributed by atoms with van der Waals surface area (Å²) in [5, 5.41) is 7.01. The fourth-order valence-corrected chi connectivity index (χ4v) is 0.980. The van der Waals surface area contributed by atoms with Crippen LogP contribution in [0.5, 0.6) is 0 Å². The predicted molar refractivity (Wildman–Crippen MR) is 48.7 cm³/mol. The van der Waals surface area contributed by atoms with Crippen LogP contribution >= 0.6 is 0 Å². The Hall–Kier alpha value is -0.870. The topological polar surface area (TPSA) is 57.9 Å². The molecule has 0 aromatic carbocycles. The number of nitrogens with one attached hydrogen (secondary N) is 1. The van der Waals surface area contributed by atoms with Gasteiger partial charge in [0.2, 0.25) is 0 Å². The van der Waals surface area contributed by atoms with E-state index >= 15 is 0 Å². The fourth-order valence-electron chi connectivity index (χ4n) is 0.980. The Bertz CT molecular complexity index is 229. The van der Waals surface area contributed by atoms with Gasteiger partial charge in [-0.05, 0) is 20.2 Å². The molecule has 12 heavy (non-hydrogen) atoms. The Morgan fingerprint density at radius 2 is 2.33 bits per heavy atom. The first-order chi connectivity index (χ1) is 5.72. The van der Waals surface area contributed by atoms with Gasteiger partial charge in [-0.25, -0.2) is 0 Å². The van der Waals surface area contributed by atoms with Gasteiger partial charge in [-0.1, -0.05) is 0 Å². The van der Waals surface area contributed by atoms with Gasteiger partial charge in [-0.15, -0.1) is 0 Å². The average molecular weight is 168 g/mol. The molecule has 0 unspecified atom stereocenters. The molecule has 0 atom stereocenters. The van der Waals surface area contributed by atoms with Crippen molar-refractivity contribution >= 4 is 0 Å². The second kappa shape index (κ2) is 4.23. The number of nitrogens with two attached hydrogens (primary N) is 1. The smallest absolute Gasteiger partial charge is 0.0638 e. The van der Waals surface area contributed by atoms with Crippen LogP contribution in [0, 0.1) is 0 Å². The van der Waals surface area contributed by atoms with E-state index in [0.29, 0.717) is 6.54 Å². The molecule has 0 radical (unpaired) electrons. The summed E-state index contributed by atoms with van der Waals surface area (Å²) < 4.78 is 0. The standard InChI is InChI=1S/C8H16N4/c1-12(2)4-3-7-5-8(6-9)11-10-7/h5H,3-4,6,9H2,1-2H3,(H,10,11). The van der Waals surface area contributed by atoms with Crippen LogP contribution in [0.2, 0.25) is 0 Å². The highest BCUT2D eigenvalue weighted by Gasteiger charge is 1.99. The first-order valence-corrected chi connectivity index (χ1v) is 4.10. The van der Waals surface area contributed by atoms with Crippen molar-refractivity contribution < 1.29 is 0 Å². The minimum absolute atomic E-state index is 0.537. The summed E-state index contributed by atoms with van der Waals surface area (Å²) in [5.74, 6) is 0. The highest BCUT2D eigenvalue weighted by atomic mass is 15.1. The van der Waals surface area contributed by atoms with Crippen LogP contribution < -0.4 is 5.73 Å². The first-order valence-electron chi connectivity index (χ1n) is 4.10. The zero-order chi connectivity index (χ0) is 8.97. The maximum Gasteiger partial charge on any atom is 0.0638 e. The van der Waals surface area contributed by atoms with Crippen molar-refractivity contribution in [2.24, 2.45) is 5.73 Å². The van der Waals surface area contributed by atoms with Crippen molar-refractivity contribution in [3.05, 3.63) is 17.5 Å². The van der Waals surface area contributed by atoms with E-state index in [1.807, 2.05) is 6.07 Å². The van der Waals surface area contributed by atoms with Gasteiger partial charge in [-0.3, -0.25) is 5.10 Å². The molecule has 0 fully saturated rings. The molecule has 0 saturated carbocycles. The number of aromatic nitrogens is 2. The number of nitrogens with zero attached hydrogens (tertiary/aromatic N) is 2. The largest absolute Gasteiger partial charge is 0.325 e. The molecule has 0 aliphatic heterocycles. The predicted octanol–water partition coefficient (Wildman–Crippen LogP) is -0.0275. The van der Waals surface area contributed by atoms with E-state index in [1.54, 1.807) is 0 Å². The Labute approximate surface area is 72.8 Å². The van der Waals surface area contributed by atoms with Crippen LogP contribution in [-0.4, -0.2) is 35.7 Å². The van der Waals surface area contributed by atoms with Crippen LogP contribution in [0.1, 0.15) is 11.4 Å². The van der Waals surface area contributed by atoms with Crippen LogP contribution in [0.25, 0.3) is 0 Å². The second-order valence-corrected chi connectivity index (χ2v) is 3.14. The van der Waals surface area contributed by atoms with Crippen molar-refractivity contribution in [1.29, 1.82) is 0 Å². The number of hydrogen-bond acceptors (Lipinski definition) is 3. The molecule has 1 aromatic rings. The molecule has 1 rings (SSSR count). The van der Waals surface area contributed by atoms with Gasteiger partial charge >= 0.3 is 0 Å². The third-order valence-corrected chi connectivity index (χ3v) is 1.72. The monoisotopic (exact) mass is 168 g/mol. The van der Waals surface area contributed by atoms with Crippen LogP contribution in [-0.2, 0) is 13.0 Å². The minimum Gasteiger partial charge on any atom is -0.325 e. The highest BCUT2D eigenvalue weighted by molar-refractivity contribution is 5.08. The molecule has 4 nitrogen and oxygen atoms in total. The normalized spacial score (nSPS) is 11.0. The molecule has 0 aliphatic rings. The summed E-state index contributed by atoms with van der Waals surface area (Å²) in [6.45, 7) is 1.56. The maximum absolute atomic E-state index is 5.44. The van der Waals surface area contributed by atoms with Gasteiger partial charge in [-0.2, -0.15) is 5.10 Å². The molecule has 0 amide bonds. The Morgan fingerprint density at radius 1 is 1.58 bits per heavy atom. The van der Waals surface area contributed by atoms with Crippen molar-refractivity contribution in [2.45, 2.75) is 13.0 Å². The molecular formula is C8H16N4. The van der Waals surface area contributed by atoms with E-state index in [9.17, 15) is 0 Å². The van der Waals surface area contributed by atoms with Gasteiger partial charge in [0.1, 0.15) is 0 Å². The van der Waals surface area contributed by atoms with E-state index in [0.717, 1.165) is 24.4 Å². The van der Waals surface area contributed by atoms with Crippen LogP contribution in [0.3, 0.4) is 0 Å². The summed E-state index contributed by atoms with van der Waals surface area (Å²) >= 11 is 0. The molecule has 0 bridgehead atoms. The zero-order valence-electron chi connectivity index (χ0n) is 7.67. The highest BCUT2D eigenvalue weighted by Crippen LogP contribution is 1.99. The lowest BCUT2D eigenvalue weighted by molar-refractivity contribution is 0.411. The van der Waals surface area contributed by atoms with Gasteiger partial charge < -0.3 is 10.6 Å². The molecule has 0 saturated heterocycles. The molecule has 68 valence electrons. The first kappa shape index (κ1) is 9.22. The van der Waals surface area contributed by atoms with E-state index in [-0.39, 0.29) is 0 Å². The van der Waals surface area contributed by atoms with Crippen LogP contribution in [0.4, 0.5) is 0 Å². The van der Waals surface area contributed by atoms with Gasteiger partial charge in [0.15, 0.2) is 0 Å². The Morgan fingerprint density at radius 3 is 2.83 bits per heavy atom. The number of likely N-dealkylation sites (N-methyl/N-ethyl adjacent to an activating group) is 1. The molecule has 0 aliphatic carbocycles. The lowest BCUT2D eigenvalue weighted by Gasteiger charge is -2.06. The maximum atomic E-state index is 5.44. The molecule has 3 N–H and O–H groups in total. The number of rotatable bonds is 4. The van der Waals surface area contributed by atoms with E-state index in [2.05, 4.69) is 29.2 Å². The third-order valence-electron chi connectivity index (χ3n) is 1.72. The molecule has 4 heteroatoms. The van der Waals surface area contributed by atoms with Crippen LogP contribution in [0.15, 0.2) is 6.07 Å². The number of aromatic amines is 1. The summed E-state index contributed by atoms with van der Waals surface area (Å²) in [6.07, 6.45) is 0.976. The number of hydrogen-bond donors (Lipinski definition) is 2. The summed E-state index contributed by atoms with van der Waals surface area (Å²) in [6, 6.07) is 2.02. The lowest BCUT2D eigenvalue weighted by Crippen LogP contribution is -2.15. The van der Waals surface area contributed by atoms with Crippen molar-refractivity contribution in [3.8, 4) is 0 Å². The SMILES string of the molecule is CN(C)CCc1cc(CN)[nH]n1. The van der Waals surface area contributed by atoms with Gasteiger partial charge in [0, 0.05) is 25.2 Å². The zero-order valence-corrected chi connectivity index (χ0v) is 7.67. The summed E-state index contributed by atoms with van der Waals surface area (Å²) in [5.41, 5.74) is 7.53. The molecule has 1 aromatic heterocycles. The lowest BCUT2D eigenvalue weighted by atomic mass is 10.3. The van der Waals surface area contributed by atoms with E-state index in [1.165, 1.54) is 0 Å². The molecule has 0 spiro atoms. The summed E-state index contributed by atoms with van der Waals surface area (Å²) in [4.78, 5) is 2.14. The third kappa shape index (κ3) is 2.64. The number of H-pyrrole nitrogens is 1. The van der Waals surface area contributed by atoms with E-state index < -0.39 is 0 Å². The fraction of sp³-hybridized carbons (Fsp3) is 0.625. The van der Waals surface area contributed by atoms with Gasteiger partial charge in [0.25, 0.3) is 0 Å². The second-order valence-electron chi connectivity index (χ2n) is 3.14. The van der Waals surface area contributed by atoms with Gasteiger partial charge in [0.05, 0.1) is 5.69 Å². The van der Waals surface area contributed by atoms with Crippen molar-refractivity contribution in [2.75, 3.05) is 20.6 Å². The van der Waals surface area contributed by atoms with Crippen molar-refractivity contribution in [1.82, 2.24) is 15.1 Å². The average Bonchev–Trinajstić information content (AvgIpc) is 2.48. The Balaban J connectivity index is 2.41. The van der Waals surface area contributed by atoms with E-state index in [4.69, 9.17) is 5.73 Å².